The van der Waals surface area contributed by atoms with Crippen molar-refractivity contribution in [1.82, 2.24) is 0 Å². The van der Waals surface area contributed by atoms with Gasteiger partial charge >= 0.3 is 17.1 Å². The first-order chi connectivity index (χ1) is 7.83. The van der Waals surface area contributed by atoms with Crippen molar-refractivity contribution >= 4 is 11.9 Å². The maximum atomic E-state index is 9.93. The molecule has 113 valence electrons. The Labute approximate surface area is 127 Å². The van der Waals surface area contributed by atoms with E-state index >= 15 is 0 Å². The van der Waals surface area contributed by atoms with Crippen LogP contribution in [-0.2, 0) is 26.7 Å². The molecule has 0 aliphatic heterocycles. The molecule has 0 amide bonds. The van der Waals surface area contributed by atoms with Gasteiger partial charge in [-0.15, -0.1) is 0 Å². The first-order valence-corrected chi connectivity index (χ1v) is 6.23. The third-order valence-corrected chi connectivity index (χ3v) is 2.16. The van der Waals surface area contributed by atoms with Gasteiger partial charge in [-0.05, 0) is 36.5 Å². The first kappa shape index (κ1) is 23.5. The summed E-state index contributed by atoms with van der Waals surface area (Å²) in [4.78, 5) is 19.9. The smallest absolute Gasteiger partial charge is 0.550 e. The number of aliphatic carboxylic acids is 2. The molecule has 0 atom stereocenters. The van der Waals surface area contributed by atoms with Gasteiger partial charge in [-0.1, -0.05) is 41.5 Å². The maximum Gasteiger partial charge on any atom is 2.00 e. The molecule has 1 radical (unpaired) electrons. The molecule has 0 bridgehead atoms. The first-order valence-electron chi connectivity index (χ1n) is 6.23. The minimum absolute atomic E-state index is 0. The molecule has 0 heterocycles. The molecule has 0 saturated carbocycles. The molecule has 0 aromatic heterocycles. The van der Waals surface area contributed by atoms with E-state index in [1.807, 2.05) is 41.5 Å². The van der Waals surface area contributed by atoms with Crippen LogP contribution in [0.3, 0.4) is 0 Å². The van der Waals surface area contributed by atoms with E-state index in [2.05, 4.69) is 0 Å². The van der Waals surface area contributed by atoms with Crippen LogP contribution >= 0.6 is 0 Å². The Hall–Kier alpha value is -0.541. The normalized spacial score (nSPS) is 10.8. The summed E-state index contributed by atoms with van der Waals surface area (Å²) in [6, 6.07) is 0. The fourth-order valence-electron chi connectivity index (χ4n) is 0.954. The van der Waals surface area contributed by atoms with E-state index in [0.29, 0.717) is 12.8 Å². The Morgan fingerprint density at radius 3 is 1.00 bits per heavy atom. The molecule has 0 unspecified atom stereocenters. The predicted octanol–water partition coefficient (Wildman–Crippen LogP) is 1.12. The topological polar surface area (TPSA) is 80.3 Å². The second kappa shape index (κ2) is 10.3. The van der Waals surface area contributed by atoms with Gasteiger partial charge in [-0.2, -0.15) is 0 Å². The third-order valence-electron chi connectivity index (χ3n) is 2.16. The zero-order valence-electron chi connectivity index (χ0n) is 12.8. The fourth-order valence-corrected chi connectivity index (χ4v) is 0.954. The average Bonchev–Trinajstić information content (AvgIpc) is 2.10. The molecule has 0 spiro atoms. The minimum atomic E-state index is -0.954. The number of carboxylic acid groups (broad SMARTS) is 2. The van der Waals surface area contributed by atoms with Crippen molar-refractivity contribution in [3.8, 4) is 0 Å². The van der Waals surface area contributed by atoms with Crippen molar-refractivity contribution in [2.24, 2.45) is 10.8 Å². The van der Waals surface area contributed by atoms with Gasteiger partial charge in [0.15, 0.2) is 0 Å². The van der Waals surface area contributed by atoms with E-state index in [1.54, 1.807) is 0 Å². The predicted molar refractivity (Wildman–Crippen MR) is 67.4 cm³/mol. The number of hydrogen-bond acceptors (Lipinski definition) is 4. The summed E-state index contributed by atoms with van der Waals surface area (Å²) in [5.74, 6) is -1.91. The van der Waals surface area contributed by atoms with Crippen LogP contribution in [0.25, 0.3) is 0 Å². The van der Waals surface area contributed by atoms with Gasteiger partial charge in [0, 0.05) is 11.9 Å². The molecule has 0 N–H and O–H groups in total. The van der Waals surface area contributed by atoms with Gasteiger partial charge in [0.1, 0.15) is 0 Å². The molecule has 5 heteroatoms. The SMILES string of the molecule is CC(C)(C)CCC(=O)[O-].CC(C)(C)CCC(=O)[O-].[Mn+2]. The van der Waals surface area contributed by atoms with Crippen molar-refractivity contribution in [3.63, 3.8) is 0 Å². The van der Waals surface area contributed by atoms with Crippen molar-refractivity contribution in [1.29, 1.82) is 0 Å². The number of carbonyl (C=O) groups is 2. The number of carbonyl (C=O) groups excluding carboxylic acids is 2. The molecule has 0 saturated heterocycles. The van der Waals surface area contributed by atoms with Crippen LogP contribution in [-0.4, -0.2) is 11.9 Å². The largest absolute Gasteiger partial charge is 2.00 e. The van der Waals surface area contributed by atoms with Crippen LogP contribution in [0.1, 0.15) is 67.2 Å². The van der Waals surface area contributed by atoms with Gasteiger partial charge in [0.2, 0.25) is 0 Å². The minimum Gasteiger partial charge on any atom is -0.550 e. The number of carboxylic acids is 2. The number of hydrogen-bond donors (Lipinski definition) is 0. The molecule has 19 heavy (non-hydrogen) atoms. The zero-order valence-corrected chi connectivity index (χ0v) is 14.0. The summed E-state index contributed by atoms with van der Waals surface area (Å²) < 4.78 is 0. The van der Waals surface area contributed by atoms with Gasteiger partial charge < -0.3 is 19.8 Å². The second-order valence-corrected chi connectivity index (χ2v) is 6.87. The Kier molecular flexibility index (Phi) is 12.7. The zero-order chi connectivity index (χ0) is 15.0. The molecular weight excluding hydrogens is 287 g/mol. The summed E-state index contributed by atoms with van der Waals surface area (Å²) in [5, 5.41) is 19.9. The van der Waals surface area contributed by atoms with Crippen molar-refractivity contribution in [2.45, 2.75) is 67.2 Å². The van der Waals surface area contributed by atoms with Gasteiger partial charge in [0.05, 0.1) is 0 Å². The molecule has 4 nitrogen and oxygen atoms in total. The maximum absolute atomic E-state index is 9.93. The van der Waals surface area contributed by atoms with Crippen LogP contribution in [0.4, 0.5) is 0 Å². The van der Waals surface area contributed by atoms with Crippen molar-refractivity contribution in [3.05, 3.63) is 0 Å². The summed E-state index contributed by atoms with van der Waals surface area (Å²) in [7, 11) is 0. The van der Waals surface area contributed by atoms with E-state index in [4.69, 9.17) is 0 Å². The van der Waals surface area contributed by atoms with E-state index in [-0.39, 0.29) is 40.7 Å². The molecule has 0 aromatic rings. The molecule has 0 aliphatic carbocycles. The van der Waals surface area contributed by atoms with Gasteiger partial charge in [-0.25, -0.2) is 0 Å². The van der Waals surface area contributed by atoms with Crippen LogP contribution in [0.2, 0.25) is 0 Å². The van der Waals surface area contributed by atoms with Gasteiger partial charge in [0.25, 0.3) is 0 Å². The van der Waals surface area contributed by atoms with E-state index in [1.165, 1.54) is 0 Å². The van der Waals surface area contributed by atoms with E-state index < -0.39 is 11.9 Å². The van der Waals surface area contributed by atoms with Crippen LogP contribution in [0.5, 0.6) is 0 Å². The summed E-state index contributed by atoms with van der Waals surface area (Å²) >= 11 is 0. The van der Waals surface area contributed by atoms with Crippen LogP contribution < -0.4 is 10.2 Å². The Morgan fingerprint density at radius 2 is 0.947 bits per heavy atom. The van der Waals surface area contributed by atoms with Gasteiger partial charge in [-0.3, -0.25) is 0 Å². The van der Waals surface area contributed by atoms with E-state index in [0.717, 1.165) is 0 Å². The molecule has 0 fully saturated rings. The standard InChI is InChI=1S/2C7H14O2.Mn/c2*1-7(2,3)5-4-6(8)9;/h2*4-5H2,1-3H3,(H,8,9);/q;;+2/p-2. The summed E-state index contributed by atoms with van der Waals surface area (Å²) in [6.45, 7) is 12.1. The monoisotopic (exact) mass is 313 g/mol. The summed E-state index contributed by atoms with van der Waals surface area (Å²) in [6.07, 6.45) is 1.72. The Bertz CT molecular complexity index is 234. The summed E-state index contributed by atoms with van der Waals surface area (Å²) in [5.41, 5.74) is 0.222. The second-order valence-electron chi connectivity index (χ2n) is 6.87. The Balaban J connectivity index is -0.000000256. The molecular formula is C14H26MnO4. The fraction of sp³-hybridized carbons (Fsp3) is 0.857. The third kappa shape index (κ3) is 31.8. The number of rotatable bonds is 4. The van der Waals surface area contributed by atoms with Crippen LogP contribution in [0.15, 0.2) is 0 Å². The van der Waals surface area contributed by atoms with E-state index in [9.17, 15) is 19.8 Å². The van der Waals surface area contributed by atoms with Crippen LogP contribution in [0, 0.1) is 10.8 Å². The quantitative estimate of drug-likeness (QED) is 0.729. The van der Waals surface area contributed by atoms with Crippen molar-refractivity contribution in [2.75, 3.05) is 0 Å². The molecule has 0 aromatic carbocycles. The average molecular weight is 313 g/mol. The molecule has 0 aliphatic rings. The van der Waals surface area contributed by atoms with Crippen molar-refractivity contribution < 1.29 is 36.9 Å². The molecule has 0 rings (SSSR count). The Morgan fingerprint density at radius 1 is 0.737 bits per heavy atom.